The van der Waals surface area contributed by atoms with E-state index in [0.717, 1.165) is 32.5 Å². The summed E-state index contributed by atoms with van der Waals surface area (Å²) in [5.74, 6) is 0.918. The Balaban J connectivity index is 1.47. The molecular weight excluding hydrogens is 412 g/mol. The maximum Gasteiger partial charge on any atom is 0.228 e. The van der Waals surface area contributed by atoms with Gasteiger partial charge in [0.1, 0.15) is 11.5 Å². The van der Waals surface area contributed by atoms with Crippen molar-refractivity contribution < 1.29 is 14.3 Å². The molecule has 1 atom stereocenters. The van der Waals surface area contributed by atoms with Crippen LogP contribution in [-0.2, 0) is 11.3 Å². The van der Waals surface area contributed by atoms with Gasteiger partial charge in [-0.2, -0.15) is 0 Å². The molecule has 3 aromatic carbocycles. The number of halogens is 1. The molecule has 1 saturated heterocycles. The highest BCUT2D eigenvalue weighted by molar-refractivity contribution is 6.32. The topological polar surface area (TPSA) is 50.8 Å². The summed E-state index contributed by atoms with van der Waals surface area (Å²) >= 11 is 6.18. The molecule has 1 fully saturated rings. The molecule has 1 aliphatic rings. The van der Waals surface area contributed by atoms with E-state index in [1.807, 2.05) is 0 Å². The minimum absolute atomic E-state index is 0.00899. The van der Waals surface area contributed by atoms with Crippen molar-refractivity contribution in [3.8, 4) is 11.5 Å². The number of methoxy groups -OCH3 is 2. The minimum atomic E-state index is -0.0879. The number of fused-ring (bicyclic) bond motifs is 1. The van der Waals surface area contributed by atoms with Gasteiger partial charge in [0.05, 0.1) is 30.8 Å². The molecule has 0 aromatic heterocycles. The molecule has 1 unspecified atom stereocenters. The second kappa shape index (κ2) is 9.58. The molecule has 0 saturated carbocycles. The summed E-state index contributed by atoms with van der Waals surface area (Å²) in [7, 11) is 3.10. The predicted molar refractivity (Wildman–Crippen MR) is 125 cm³/mol. The van der Waals surface area contributed by atoms with Crippen LogP contribution in [0.3, 0.4) is 0 Å². The first-order chi connectivity index (χ1) is 15.1. The Morgan fingerprint density at radius 1 is 1.10 bits per heavy atom. The van der Waals surface area contributed by atoms with Crippen LogP contribution >= 0.6 is 11.6 Å². The van der Waals surface area contributed by atoms with Crippen molar-refractivity contribution >= 4 is 34.0 Å². The Morgan fingerprint density at radius 3 is 2.68 bits per heavy atom. The van der Waals surface area contributed by atoms with Gasteiger partial charge in [-0.3, -0.25) is 9.69 Å². The summed E-state index contributed by atoms with van der Waals surface area (Å²) in [6.45, 7) is 2.55. The van der Waals surface area contributed by atoms with E-state index in [4.69, 9.17) is 21.1 Å². The summed E-state index contributed by atoms with van der Waals surface area (Å²) in [5, 5.41) is 5.98. The van der Waals surface area contributed by atoms with Gasteiger partial charge >= 0.3 is 0 Å². The Hall–Kier alpha value is -2.76. The van der Waals surface area contributed by atoms with E-state index in [1.54, 1.807) is 26.4 Å². The molecule has 1 heterocycles. The van der Waals surface area contributed by atoms with Crippen molar-refractivity contribution in [3.63, 3.8) is 0 Å². The predicted octanol–water partition coefficient (Wildman–Crippen LogP) is 5.36. The lowest BCUT2D eigenvalue weighted by Gasteiger charge is -2.32. The van der Waals surface area contributed by atoms with Crippen LogP contribution in [0.2, 0.25) is 5.02 Å². The van der Waals surface area contributed by atoms with Gasteiger partial charge in [-0.25, -0.2) is 0 Å². The van der Waals surface area contributed by atoms with Crippen molar-refractivity contribution in [2.24, 2.45) is 5.92 Å². The number of anilines is 1. The number of benzene rings is 3. The van der Waals surface area contributed by atoms with E-state index in [0.29, 0.717) is 22.2 Å². The van der Waals surface area contributed by atoms with E-state index in [9.17, 15) is 4.79 Å². The highest BCUT2D eigenvalue weighted by atomic mass is 35.5. The molecule has 31 heavy (non-hydrogen) atoms. The summed E-state index contributed by atoms with van der Waals surface area (Å²) in [6.07, 6.45) is 1.86. The Labute approximate surface area is 187 Å². The second-order valence-electron chi connectivity index (χ2n) is 7.89. The van der Waals surface area contributed by atoms with Crippen LogP contribution in [0.5, 0.6) is 11.5 Å². The first-order valence-electron chi connectivity index (χ1n) is 10.5. The van der Waals surface area contributed by atoms with Gasteiger partial charge in [0.15, 0.2) is 0 Å². The van der Waals surface area contributed by atoms with Gasteiger partial charge in [0, 0.05) is 25.2 Å². The third-order valence-electron chi connectivity index (χ3n) is 5.88. The fraction of sp³-hybridized carbons (Fsp3) is 0.320. The van der Waals surface area contributed by atoms with Gasteiger partial charge in [-0.05, 0) is 35.7 Å². The number of carbonyl (C=O) groups excluding carboxylic acids is 1. The molecule has 4 rings (SSSR count). The molecule has 1 N–H and O–H groups in total. The largest absolute Gasteiger partial charge is 0.495 e. The summed E-state index contributed by atoms with van der Waals surface area (Å²) in [4.78, 5) is 15.4. The number of rotatable bonds is 6. The summed E-state index contributed by atoms with van der Waals surface area (Å²) < 4.78 is 10.7. The number of piperidine rings is 1. The molecule has 0 radical (unpaired) electrons. The van der Waals surface area contributed by atoms with Crippen molar-refractivity contribution in [2.75, 3.05) is 32.6 Å². The fourth-order valence-electron chi connectivity index (χ4n) is 4.28. The standard InChI is InChI=1S/C25H27ClN2O3/c1-30-23-14-22(24(31-2)13-21(23)26)27-25(29)19-10-6-12-28(16-19)15-18-9-5-8-17-7-3-4-11-20(17)18/h3-5,7-9,11,13-14,19H,6,10,12,15-16H2,1-2H3,(H,27,29). The van der Waals surface area contributed by atoms with Crippen molar-refractivity contribution in [2.45, 2.75) is 19.4 Å². The third kappa shape index (κ3) is 4.78. The third-order valence-corrected chi connectivity index (χ3v) is 6.18. The monoisotopic (exact) mass is 438 g/mol. The second-order valence-corrected chi connectivity index (χ2v) is 8.30. The Bertz CT molecular complexity index is 1080. The van der Waals surface area contributed by atoms with Crippen LogP contribution in [0.1, 0.15) is 18.4 Å². The summed E-state index contributed by atoms with van der Waals surface area (Å²) in [6, 6.07) is 18.2. The number of nitrogens with zero attached hydrogens (tertiary/aromatic N) is 1. The number of likely N-dealkylation sites (tertiary alicyclic amines) is 1. The van der Waals surface area contributed by atoms with E-state index in [1.165, 1.54) is 16.3 Å². The lowest BCUT2D eigenvalue weighted by molar-refractivity contribution is -0.121. The number of carbonyl (C=O) groups is 1. The zero-order valence-corrected chi connectivity index (χ0v) is 18.6. The number of nitrogens with one attached hydrogen (secondary N) is 1. The van der Waals surface area contributed by atoms with Crippen molar-refractivity contribution in [1.82, 2.24) is 4.90 Å². The zero-order valence-electron chi connectivity index (χ0n) is 17.9. The minimum Gasteiger partial charge on any atom is -0.495 e. The zero-order chi connectivity index (χ0) is 21.8. The van der Waals surface area contributed by atoms with Gasteiger partial charge < -0.3 is 14.8 Å². The Morgan fingerprint density at radius 2 is 1.87 bits per heavy atom. The normalized spacial score (nSPS) is 16.8. The average molecular weight is 439 g/mol. The van der Waals surface area contributed by atoms with Crippen LogP contribution in [0, 0.1) is 5.92 Å². The number of hydrogen-bond donors (Lipinski definition) is 1. The highest BCUT2D eigenvalue weighted by Crippen LogP contribution is 2.36. The van der Waals surface area contributed by atoms with Crippen molar-refractivity contribution in [1.29, 1.82) is 0 Å². The molecule has 0 aliphatic carbocycles. The lowest BCUT2D eigenvalue weighted by Crippen LogP contribution is -2.40. The van der Waals surface area contributed by atoms with E-state index in [-0.39, 0.29) is 11.8 Å². The molecule has 1 aliphatic heterocycles. The number of amides is 1. The number of ether oxygens (including phenoxy) is 2. The molecule has 162 valence electrons. The maximum atomic E-state index is 13.1. The smallest absolute Gasteiger partial charge is 0.228 e. The molecule has 0 bridgehead atoms. The molecule has 3 aromatic rings. The van der Waals surface area contributed by atoms with Gasteiger partial charge in [0.25, 0.3) is 0 Å². The molecule has 5 nitrogen and oxygen atoms in total. The first kappa shape index (κ1) is 21.5. The van der Waals surface area contributed by atoms with Crippen LogP contribution in [0.15, 0.2) is 54.6 Å². The maximum absolute atomic E-state index is 13.1. The molecule has 0 spiro atoms. The van der Waals surface area contributed by atoms with E-state index < -0.39 is 0 Å². The summed E-state index contributed by atoms with van der Waals surface area (Å²) in [5.41, 5.74) is 1.86. The quantitative estimate of drug-likeness (QED) is 0.562. The van der Waals surface area contributed by atoms with Gasteiger partial charge in [-0.15, -0.1) is 0 Å². The number of hydrogen-bond acceptors (Lipinski definition) is 4. The van der Waals surface area contributed by atoms with Crippen LogP contribution < -0.4 is 14.8 Å². The van der Waals surface area contributed by atoms with Crippen LogP contribution in [-0.4, -0.2) is 38.1 Å². The average Bonchev–Trinajstić information content (AvgIpc) is 2.80. The molecule has 1 amide bonds. The van der Waals surface area contributed by atoms with E-state index >= 15 is 0 Å². The van der Waals surface area contributed by atoms with Crippen LogP contribution in [0.25, 0.3) is 10.8 Å². The fourth-order valence-corrected chi connectivity index (χ4v) is 4.51. The highest BCUT2D eigenvalue weighted by Gasteiger charge is 2.27. The van der Waals surface area contributed by atoms with E-state index in [2.05, 4.69) is 52.7 Å². The Kier molecular flexibility index (Phi) is 6.64. The van der Waals surface area contributed by atoms with Gasteiger partial charge in [0.2, 0.25) is 5.91 Å². The van der Waals surface area contributed by atoms with Crippen molar-refractivity contribution in [3.05, 3.63) is 65.2 Å². The molecule has 6 heteroatoms. The van der Waals surface area contributed by atoms with Gasteiger partial charge in [-0.1, -0.05) is 54.1 Å². The van der Waals surface area contributed by atoms with Crippen LogP contribution in [0.4, 0.5) is 5.69 Å². The lowest BCUT2D eigenvalue weighted by atomic mass is 9.96. The molecular formula is C25H27ClN2O3. The first-order valence-corrected chi connectivity index (χ1v) is 10.9. The SMILES string of the molecule is COc1cc(NC(=O)C2CCCN(Cc3cccc4ccccc34)C2)c(OC)cc1Cl.